The third-order valence-electron chi connectivity index (χ3n) is 4.97. The number of unbranched alkanes of at least 4 members (excludes halogenated alkanes) is 13. The molecule has 0 spiro atoms. The molecule has 0 fully saturated rings. The first-order valence-electron chi connectivity index (χ1n) is 10.6. The Balaban J connectivity index is 3.48. The van der Waals surface area contributed by atoms with Gasteiger partial charge in [-0.25, -0.2) is 0 Å². The summed E-state index contributed by atoms with van der Waals surface area (Å²) in [6.07, 6.45) is 19.8. The highest BCUT2D eigenvalue weighted by Gasteiger charge is 2.16. The Bertz CT molecular complexity index is 266. The van der Waals surface area contributed by atoms with Gasteiger partial charge in [0.15, 0.2) is 0 Å². The average molecular weight is 343 g/mol. The molecule has 0 aliphatic heterocycles. The second-order valence-corrected chi connectivity index (χ2v) is 7.29. The van der Waals surface area contributed by atoms with Gasteiger partial charge in [0.2, 0.25) is 0 Å². The molecular weight excluding hydrogens is 300 g/mol. The average Bonchev–Trinajstić information content (AvgIpc) is 2.57. The molecule has 1 atom stereocenters. The number of carbonyl (C=O) groups is 1. The van der Waals surface area contributed by atoms with Crippen molar-refractivity contribution in [2.24, 2.45) is 5.92 Å². The van der Waals surface area contributed by atoms with E-state index in [1.807, 2.05) is 0 Å². The van der Waals surface area contributed by atoms with Crippen molar-refractivity contribution in [1.29, 1.82) is 0 Å². The Morgan fingerprint density at radius 3 is 1.42 bits per heavy atom. The van der Waals surface area contributed by atoms with E-state index in [0.29, 0.717) is 6.61 Å². The molecule has 0 aromatic carbocycles. The van der Waals surface area contributed by atoms with Crippen LogP contribution in [0.5, 0.6) is 0 Å². The summed E-state index contributed by atoms with van der Waals surface area (Å²) in [6, 6.07) is 0. The maximum atomic E-state index is 11.3. The molecule has 0 aliphatic carbocycles. The van der Waals surface area contributed by atoms with Gasteiger partial charge >= 0.3 is 5.97 Å². The van der Waals surface area contributed by atoms with Gasteiger partial charge in [-0.05, 0) is 19.3 Å². The normalized spacial score (nSPS) is 12.4. The van der Waals surface area contributed by atoms with Crippen LogP contribution >= 0.6 is 0 Å². The highest BCUT2D eigenvalue weighted by atomic mass is 16.4. The number of aliphatic hydroxyl groups excluding tert-OH is 1. The second-order valence-electron chi connectivity index (χ2n) is 7.29. The lowest BCUT2D eigenvalue weighted by molar-refractivity contribution is -0.142. The van der Waals surface area contributed by atoms with Crippen LogP contribution in [0.2, 0.25) is 0 Å². The Morgan fingerprint density at radius 2 is 1.04 bits per heavy atom. The minimum atomic E-state index is -0.602. The van der Waals surface area contributed by atoms with Gasteiger partial charge in [-0.15, -0.1) is 0 Å². The monoisotopic (exact) mass is 342 g/mol. The van der Waals surface area contributed by atoms with Crippen LogP contribution in [-0.4, -0.2) is 22.8 Å². The van der Waals surface area contributed by atoms with Crippen LogP contribution in [0.3, 0.4) is 0 Å². The zero-order chi connectivity index (χ0) is 17.9. The summed E-state index contributed by atoms with van der Waals surface area (Å²) in [5, 5.41) is 18.1. The van der Waals surface area contributed by atoms with Crippen LogP contribution in [-0.2, 0) is 4.79 Å². The van der Waals surface area contributed by atoms with E-state index in [4.69, 9.17) is 5.11 Å². The largest absolute Gasteiger partial charge is 0.481 e. The van der Waals surface area contributed by atoms with Crippen molar-refractivity contribution in [2.45, 2.75) is 116 Å². The van der Waals surface area contributed by atoms with Crippen molar-refractivity contribution in [3.05, 3.63) is 0 Å². The van der Waals surface area contributed by atoms with Gasteiger partial charge in [0.25, 0.3) is 0 Å². The molecule has 3 nitrogen and oxygen atoms in total. The van der Waals surface area contributed by atoms with E-state index in [0.717, 1.165) is 51.4 Å². The molecule has 0 rings (SSSR count). The summed E-state index contributed by atoms with van der Waals surface area (Å²) in [7, 11) is 0. The Hall–Kier alpha value is -0.570. The smallest absolute Gasteiger partial charge is 0.306 e. The molecule has 144 valence electrons. The summed E-state index contributed by atoms with van der Waals surface area (Å²) in [5.74, 6) is -0.734. The SMILES string of the molecule is CCCCCCCCCCCC(CCCCCCCCO)C(=O)O. The van der Waals surface area contributed by atoms with E-state index in [9.17, 15) is 9.90 Å². The van der Waals surface area contributed by atoms with E-state index < -0.39 is 5.97 Å². The van der Waals surface area contributed by atoms with Gasteiger partial charge in [-0.3, -0.25) is 4.79 Å². The molecule has 0 aromatic heterocycles. The first-order valence-corrected chi connectivity index (χ1v) is 10.6. The standard InChI is InChI=1S/C21H42O3/c1-2-3-4-5-6-7-8-11-14-17-20(21(23)24)18-15-12-9-10-13-16-19-22/h20,22H,2-19H2,1H3,(H,23,24). The fourth-order valence-corrected chi connectivity index (χ4v) is 3.30. The number of hydrogen-bond acceptors (Lipinski definition) is 2. The molecule has 0 aromatic rings. The highest BCUT2D eigenvalue weighted by molar-refractivity contribution is 5.69. The Labute approximate surface area is 150 Å². The highest BCUT2D eigenvalue weighted by Crippen LogP contribution is 2.19. The zero-order valence-corrected chi connectivity index (χ0v) is 16.1. The van der Waals surface area contributed by atoms with Gasteiger partial charge in [0, 0.05) is 6.61 Å². The van der Waals surface area contributed by atoms with Crippen LogP contribution < -0.4 is 0 Å². The third kappa shape index (κ3) is 16.3. The van der Waals surface area contributed by atoms with E-state index >= 15 is 0 Å². The first-order chi connectivity index (χ1) is 11.7. The van der Waals surface area contributed by atoms with Crippen molar-refractivity contribution >= 4 is 5.97 Å². The van der Waals surface area contributed by atoms with E-state index in [1.165, 1.54) is 57.8 Å². The number of hydrogen-bond donors (Lipinski definition) is 2. The van der Waals surface area contributed by atoms with Gasteiger partial charge < -0.3 is 10.2 Å². The van der Waals surface area contributed by atoms with Crippen molar-refractivity contribution in [3.8, 4) is 0 Å². The van der Waals surface area contributed by atoms with Gasteiger partial charge in [-0.2, -0.15) is 0 Å². The quantitative estimate of drug-likeness (QED) is 0.270. The summed E-state index contributed by atoms with van der Waals surface area (Å²) < 4.78 is 0. The molecule has 2 N–H and O–H groups in total. The fraction of sp³-hybridized carbons (Fsp3) is 0.952. The fourth-order valence-electron chi connectivity index (χ4n) is 3.30. The number of carboxylic acids is 1. The van der Waals surface area contributed by atoms with Crippen molar-refractivity contribution in [2.75, 3.05) is 6.61 Å². The molecular formula is C21H42O3. The molecule has 1 unspecified atom stereocenters. The molecule has 0 amide bonds. The molecule has 0 aliphatic rings. The maximum Gasteiger partial charge on any atom is 0.306 e. The summed E-state index contributed by atoms with van der Waals surface area (Å²) in [6.45, 7) is 2.54. The number of aliphatic hydroxyl groups is 1. The predicted octanol–water partition coefficient (Wildman–Crippen LogP) is 6.33. The summed E-state index contributed by atoms with van der Waals surface area (Å²) >= 11 is 0. The van der Waals surface area contributed by atoms with E-state index in [2.05, 4.69) is 6.92 Å². The zero-order valence-electron chi connectivity index (χ0n) is 16.1. The van der Waals surface area contributed by atoms with Gasteiger partial charge in [0.1, 0.15) is 0 Å². The lowest BCUT2D eigenvalue weighted by atomic mass is 9.94. The molecule has 0 saturated heterocycles. The first kappa shape index (κ1) is 23.4. The van der Waals surface area contributed by atoms with Crippen LogP contribution in [0.15, 0.2) is 0 Å². The van der Waals surface area contributed by atoms with Crippen LogP contribution in [0, 0.1) is 5.92 Å². The second kappa shape index (κ2) is 18.8. The van der Waals surface area contributed by atoms with Crippen LogP contribution in [0.25, 0.3) is 0 Å². The maximum absolute atomic E-state index is 11.3. The summed E-state index contributed by atoms with van der Waals surface area (Å²) in [4.78, 5) is 11.3. The number of rotatable bonds is 19. The molecule has 0 radical (unpaired) electrons. The summed E-state index contributed by atoms with van der Waals surface area (Å²) in [5.41, 5.74) is 0. The number of aliphatic carboxylic acids is 1. The Kier molecular flexibility index (Phi) is 18.3. The minimum Gasteiger partial charge on any atom is -0.481 e. The van der Waals surface area contributed by atoms with Crippen molar-refractivity contribution in [1.82, 2.24) is 0 Å². The topological polar surface area (TPSA) is 57.5 Å². The lowest BCUT2D eigenvalue weighted by Crippen LogP contribution is -2.13. The predicted molar refractivity (Wildman–Crippen MR) is 102 cm³/mol. The van der Waals surface area contributed by atoms with Crippen LogP contribution in [0.4, 0.5) is 0 Å². The third-order valence-corrected chi connectivity index (χ3v) is 4.97. The number of carboxylic acid groups (broad SMARTS) is 1. The van der Waals surface area contributed by atoms with Gasteiger partial charge in [-0.1, -0.05) is 96.8 Å². The van der Waals surface area contributed by atoms with E-state index in [-0.39, 0.29) is 5.92 Å². The molecule has 3 heteroatoms. The lowest BCUT2D eigenvalue weighted by Gasteiger charge is -2.12. The molecule has 0 heterocycles. The minimum absolute atomic E-state index is 0.132. The van der Waals surface area contributed by atoms with Crippen molar-refractivity contribution < 1.29 is 15.0 Å². The molecule has 0 bridgehead atoms. The van der Waals surface area contributed by atoms with Gasteiger partial charge in [0.05, 0.1) is 5.92 Å². The molecule has 0 saturated carbocycles. The van der Waals surface area contributed by atoms with Crippen LogP contribution in [0.1, 0.15) is 116 Å². The van der Waals surface area contributed by atoms with E-state index in [1.54, 1.807) is 0 Å². The van der Waals surface area contributed by atoms with Crippen molar-refractivity contribution in [3.63, 3.8) is 0 Å². The Morgan fingerprint density at radius 1 is 0.667 bits per heavy atom. The molecule has 24 heavy (non-hydrogen) atoms.